The van der Waals surface area contributed by atoms with E-state index in [1.807, 2.05) is 35.7 Å². The zero-order valence-electron chi connectivity index (χ0n) is 10.5. The van der Waals surface area contributed by atoms with E-state index < -0.39 is 0 Å². The highest BCUT2D eigenvalue weighted by Crippen LogP contribution is 2.35. The Labute approximate surface area is 134 Å². The molecule has 0 bridgehead atoms. The van der Waals surface area contributed by atoms with E-state index in [2.05, 4.69) is 21.2 Å². The van der Waals surface area contributed by atoms with Gasteiger partial charge in [-0.1, -0.05) is 6.07 Å². The number of hydrogen-bond acceptors (Lipinski definition) is 2. The Morgan fingerprint density at radius 1 is 1.35 bits per heavy atom. The molecule has 0 saturated carbocycles. The van der Waals surface area contributed by atoms with E-state index in [4.69, 9.17) is 11.6 Å². The van der Waals surface area contributed by atoms with Crippen LogP contribution in [0.3, 0.4) is 0 Å². The van der Waals surface area contributed by atoms with Crippen molar-refractivity contribution < 1.29 is 4.79 Å². The number of amides is 1. The van der Waals surface area contributed by atoms with Gasteiger partial charge in [-0.05, 0) is 52.2 Å². The molecule has 0 atom stereocenters. The third-order valence-electron chi connectivity index (χ3n) is 3.12. The lowest BCUT2D eigenvalue weighted by atomic mass is 10.0. The number of anilines is 1. The van der Waals surface area contributed by atoms with E-state index in [9.17, 15) is 4.79 Å². The summed E-state index contributed by atoms with van der Waals surface area (Å²) in [6.07, 6.45) is 2.74. The van der Waals surface area contributed by atoms with Crippen molar-refractivity contribution in [2.75, 3.05) is 11.2 Å². The maximum atomic E-state index is 12.1. The standard InChI is InChI=1S/C15H11BrClNOS/c16-10-6-11(20-8-10)7-13-12-5-9(3-4-17)1-2-14(12)18-15(13)19/h1-2,5-8H,3-4H2,(H,18,19). The summed E-state index contributed by atoms with van der Waals surface area (Å²) in [7, 11) is 0. The van der Waals surface area contributed by atoms with Gasteiger partial charge in [0.15, 0.2) is 0 Å². The van der Waals surface area contributed by atoms with Gasteiger partial charge in [0.2, 0.25) is 0 Å². The second kappa shape index (κ2) is 5.72. The number of benzene rings is 1. The van der Waals surface area contributed by atoms with Crippen LogP contribution in [-0.2, 0) is 11.2 Å². The minimum absolute atomic E-state index is 0.0486. The van der Waals surface area contributed by atoms with Crippen molar-refractivity contribution in [1.82, 2.24) is 0 Å². The van der Waals surface area contributed by atoms with Crippen LogP contribution < -0.4 is 5.32 Å². The molecule has 1 amide bonds. The number of fused-ring (bicyclic) bond motifs is 1. The van der Waals surface area contributed by atoms with Crippen LogP contribution in [0.4, 0.5) is 5.69 Å². The van der Waals surface area contributed by atoms with Gasteiger partial charge in [0.25, 0.3) is 5.91 Å². The van der Waals surface area contributed by atoms with E-state index in [0.717, 1.165) is 32.6 Å². The fraction of sp³-hybridized carbons (Fsp3) is 0.133. The summed E-state index contributed by atoms with van der Waals surface area (Å²) >= 11 is 10.8. The third kappa shape index (κ3) is 2.68. The smallest absolute Gasteiger partial charge is 0.256 e. The van der Waals surface area contributed by atoms with Crippen LogP contribution in [0.1, 0.15) is 16.0 Å². The maximum absolute atomic E-state index is 12.1. The fourth-order valence-electron chi connectivity index (χ4n) is 2.19. The molecule has 0 saturated heterocycles. The number of rotatable bonds is 3. The molecule has 1 aliphatic heterocycles. The monoisotopic (exact) mass is 367 g/mol. The summed E-state index contributed by atoms with van der Waals surface area (Å²) in [5, 5.41) is 4.90. The zero-order valence-corrected chi connectivity index (χ0v) is 13.6. The highest BCUT2D eigenvalue weighted by molar-refractivity contribution is 9.10. The summed E-state index contributed by atoms with van der Waals surface area (Å²) in [4.78, 5) is 13.2. The van der Waals surface area contributed by atoms with Crippen LogP contribution in [0.2, 0.25) is 0 Å². The molecule has 20 heavy (non-hydrogen) atoms. The number of nitrogens with one attached hydrogen (secondary N) is 1. The first-order valence-electron chi connectivity index (χ1n) is 6.14. The van der Waals surface area contributed by atoms with E-state index in [0.29, 0.717) is 11.5 Å². The van der Waals surface area contributed by atoms with E-state index >= 15 is 0 Å². The van der Waals surface area contributed by atoms with Crippen molar-refractivity contribution in [1.29, 1.82) is 0 Å². The molecule has 3 rings (SSSR count). The van der Waals surface area contributed by atoms with Crippen LogP contribution in [0, 0.1) is 0 Å². The van der Waals surface area contributed by atoms with Crippen molar-refractivity contribution in [2.45, 2.75) is 6.42 Å². The fourth-order valence-corrected chi connectivity index (χ4v) is 3.78. The molecule has 0 fully saturated rings. The first kappa shape index (κ1) is 13.9. The molecule has 1 aromatic carbocycles. The molecular weight excluding hydrogens is 358 g/mol. The molecule has 1 aromatic heterocycles. The van der Waals surface area contributed by atoms with Gasteiger partial charge < -0.3 is 5.32 Å². The molecule has 1 aliphatic rings. The molecule has 0 aliphatic carbocycles. The van der Waals surface area contributed by atoms with Gasteiger partial charge in [0, 0.05) is 31.9 Å². The molecule has 1 N–H and O–H groups in total. The number of carbonyl (C=O) groups is 1. The maximum Gasteiger partial charge on any atom is 0.256 e. The van der Waals surface area contributed by atoms with Crippen LogP contribution >= 0.6 is 38.9 Å². The Morgan fingerprint density at radius 2 is 2.20 bits per heavy atom. The topological polar surface area (TPSA) is 29.1 Å². The summed E-state index contributed by atoms with van der Waals surface area (Å²) in [5.74, 6) is 0.532. The number of halogens is 2. The van der Waals surface area contributed by atoms with Gasteiger partial charge >= 0.3 is 0 Å². The number of aryl methyl sites for hydroxylation is 1. The Bertz CT molecular complexity index is 708. The molecule has 0 spiro atoms. The molecule has 5 heteroatoms. The van der Waals surface area contributed by atoms with E-state index in [-0.39, 0.29) is 5.91 Å². The average molecular weight is 369 g/mol. The largest absolute Gasteiger partial charge is 0.321 e. The molecular formula is C15H11BrClNOS. The van der Waals surface area contributed by atoms with E-state index in [1.165, 1.54) is 0 Å². The van der Waals surface area contributed by atoms with Gasteiger partial charge in [-0.15, -0.1) is 22.9 Å². The van der Waals surface area contributed by atoms with Crippen molar-refractivity contribution in [3.05, 3.63) is 50.1 Å². The highest BCUT2D eigenvalue weighted by atomic mass is 79.9. The predicted molar refractivity (Wildman–Crippen MR) is 89.4 cm³/mol. The molecule has 0 unspecified atom stereocenters. The summed E-state index contributed by atoms with van der Waals surface area (Å²) < 4.78 is 1.03. The van der Waals surface area contributed by atoms with Crippen LogP contribution in [-0.4, -0.2) is 11.8 Å². The van der Waals surface area contributed by atoms with Crippen molar-refractivity contribution in [3.63, 3.8) is 0 Å². The molecule has 102 valence electrons. The molecule has 0 radical (unpaired) electrons. The van der Waals surface area contributed by atoms with E-state index in [1.54, 1.807) is 11.3 Å². The lowest BCUT2D eigenvalue weighted by Gasteiger charge is -2.02. The van der Waals surface area contributed by atoms with Gasteiger partial charge in [-0.3, -0.25) is 4.79 Å². The summed E-state index contributed by atoms with van der Waals surface area (Å²) in [6, 6.07) is 8.00. The quantitative estimate of drug-likeness (QED) is 0.613. The number of thiophene rings is 1. The van der Waals surface area contributed by atoms with Crippen molar-refractivity contribution in [2.24, 2.45) is 0 Å². The van der Waals surface area contributed by atoms with Crippen LogP contribution in [0.5, 0.6) is 0 Å². The summed E-state index contributed by atoms with van der Waals surface area (Å²) in [5.41, 5.74) is 3.69. The molecule has 2 nitrogen and oxygen atoms in total. The molecule has 2 heterocycles. The number of alkyl halides is 1. The highest BCUT2D eigenvalue weighted by Gasteiger charge is 2.24. The van der Waals surface area contributed by atoms with Gasteiger partial charge in [0.05, 0.1) is 5.57 Å². The van der Waals surface area contributed by atoms with Gasteiger partial charge in [-0.25, -0.2) is 0 Å². The SMILES string of the molecule is O=C1Nc2ccc(CCCl)cc2C1=Cc1cc(Br)cs1. The van der Waals surface area contributed by atoms with Crippen LogP contribution in [0.15, 0.2) is 34.1 Å². The Morgan fingerprint density at radius 3 is 2.90 bits per heavy atom. The minimum Gasteiger partial charge on any atom is -0.321 e. The Kier molecular flexibility index (Phi) is 3.96. The van der Waals surface area contributed by atoms with Crippen molar-refractivity contribution >= 4 is 62.1 Å². The van der Waals surface area contributed by atoms with Gasteiger partial charge in [-0.2, -0.15) is 0 Å². The lowest BCUT2D eigenvalue weighted by molar-refractivity contribution is -0.110. The van der Waals surface area contributed by atoms with Crippen molar-refractivity contribution in [3.8, 4) is 0 Å². The average Bonchev–Trinajstić information content (AvgIpc) is 2.96. The number of carbonyl (C=O) groups excluding carboxylic acids is 1. The first-order chi connectivity index (χ1) is 9.67. The number of hydrogen-bond donors (Lipinski definition) is 1. The second-order valence-electron chi connectivity index (χ2n) is 4.50. The van der Waals surface area contributed by atoms with Crippen LogP contribution in [0.25, 0.3) is 11.6 Å². The van der Waals surface area contributed by atoms with Gasteiger partial charge in [0.1, 0.15) is 0 Å². The minimum atomic E-state index is -0.0486. The predicted octanol–water partition coefficient (Wildman–Crippen LogP) is 4.78. The molecule has 2 aromatic rings. The normalized spacial score (nSPS) is 15.5. The first-order valence-corrected chi connectivity index (χ1v) is 8.34. The second-order valence-corrected chi connectivity index (χ2v) is 6.73. The Balaban J connectivity index is 2.03. The lowest BCUT2D eigenvalue weighted by Crippen LogP contribution is -2.03. The Hall–Kier alpha value is -1.10. The zero-order chi connectivity index (χ0) is 14.1. The summed E-state index contributed by atoms with van der Waals surface area (Å²) in [6.45, 7) is 0. The third-order valence-corrected chi connectivity index (χ3v) is 4.95.